The van der Waals surface area contributed by atoms with Crippen LogP contribution in [0.1, 0.15) is 32.1 Å². The molecule has 1 amide bonds. The van der Waals surface area contributed by atoms with Crippen LogP contribution in [0, 0.1) is 5.92 Å². The molecule has 0 unspecified atom stereocenters. The summed E-state index contributed by atoms with van der Waals surface area (Å²) in [5.41, 5.74) is 5.49. The number of rotatable bonds is 4. The zero-order chi connectivity index (χ0) is 14.6. The van der Waals surface area contributed by atoms with Crippen molar-refractivity contribution < 1.29 is 13.6 Å². The maximum absolute atomic E-state index is 13.1. The van der Waals surface area contributed by atoms with Gasteiger partial charge in [0.05, 0.1) is 0 Å². The molecular formula is C14H25F2N3O. The summed E-state index contributed by atoms with van der Waals surface area (Å²) in [6.45, 7) is 4.85. The van der Waals surface area contributed by atoms with Gasteiger partial charge in [-0.05, 0) is 32.4 Å². The van der Waals surface area contributed by atoms with Crippen LogP contribution in [0.25, 0.3) is 0 Å². The van der Waals surface area contributed by atoms with Crippen molar-refractivity contribution in [2.24, 2.45) is 11.7 Å². The Kier molecular flexibility index (Phi) is 5.32. The van der Waals surface area contributed by atoms with Gasteiger partial charge in [0.25, 0.3) is 0 Å². The van der Waals surface area contributed by atoms with Crippen LogP contribution in [0.2, 0.25) is 0 Å². The van der Waals surface area contributed by atoms with Crippen molar-refractivity contribution in [1.82, 2.24) is 9.80 Å². The lowest BCUT2D eigenvalue weighted by atomic mass is 9.86. The molecule has 2 N–H and O–H groups in total. The van der Waals surface area contributed by atoms with Crippen LogP contribution in [0.5, 0.6) is 0 Å². The number of nitrogens with two attached hydrogens (primary N) is 1. The average molecular weight is 289 g/mol. The van der Waals surface area contributed by atoms with Gasteiger partial charge in [-0.25, -0.2) is 8.78 Å². The van der Waals surface area contributed by atoms with Gasteiger partial charge >= 0.3 is 0 Å². The molecule has 2 rings (SSSR count). The minimum Gasteiger partial charge on any atom is -0.340 e. The molecule has 0 aromatic rings. The highest BCUT2D eigenvalue weighted by Crippen LogP contribution is 2.36. The van der Waals surface area contributed by atoms with Gasteiger partial charge in [0, 0.05) is 44.9 Å². The van der Waals surface area contributed by atoms with E-state index in [-0.39, 0.29) is 24.7 Å². The zero-order valence-electron chi connectivity index (χ0n) is 12.0. The second-order valence-corrected chi connectivity index (χ2v) is 5.94. The number of amides is 1. The van der Waals surface area contributed by atoms with Crippen molar-refractivity contribution in [1.29, 1.82) is 0 Å². The number of halogens is 2. The van der Waals surface area contributed by atoms with Crippen molar-refractivity contribution in [3.05, 3.63) is 0 Å². The van der Waals surface area contributed by atoms with E-state index in [4.69, 9.17) is 5.73 Å². The van der Waals surface area contributed by atoms with Gasteiger partial charge in [-0.2, -0.15) is 0 Å². The van der Waals surface area contributed by atoms with E-state index in [1.54, 1.807) is 0 Å². The normalized spacial score (nSPS) is 24.9. The maximum atomic E-state index is 13.1. The number of hydrogen-bond acceptors (Lipinski definition) is 3. The molecule has 1 aliphatic heterocycles. The van der Waals surface area contributed by atoms with Gasteiger partial charge in [0.1, 0.15) is 0 Å². The van der Waals surface area contributed by atoms with E-state index in [1.807, 2.05) is 4.90 Å². The fourth-order valence-corrected chi connectivity index (χ4v) is 3.05. The minimum absolute atomic E-state index is 0.0824. The molecule has 0 atom stereocenters. The van der Waals surface area contributed by atoms with E-state index in [9.17, 15) is 13.6 Å². The predicted molar refractivity (Wildman–Crippen MR) is 73.6 cm³/mol. The third-order valence-electron chi connectivity index (χ3n) is 4.43. The van der Waals surface area contributed by atoms with Gasteiger partial charge in [0.15, 0.2) is 0 Å². The fourth-order valence-electron chi connectivity index (χ4n) is 3.05. The first-order valence-electron chi connectivity index (χ1n) is 7.61. The number of nitrogens with zero attached hydrogens (tertiary/aromatic N) is 2. The van der Waals surface area contributed by atoms with E-state index in [1.165, 1.54) is 0 Å². The van der Waals surface area contributed by atoms with Crippen molar-refractivity contribution >= 4 is 5.91 Å². The molecule has 4 nitrogen and oxygen atoms in total. The Bertz CT molecular complexity index is 320. The summed E-state index contributed by atoms with van der Waals surface area (Å²) in [6.07, 6.45) is 1.36. The summed E-state index contributed by atoms with van der Waals surface area (Å²) in [5.74, 6) is -2.67. The second-order valence-electron chi connectivity index (χ2n) is 5.94. The Morgan fingerprint density at radius 2 is 1.75 bits per heavy atom. The molecular weight excluding hydrogens is 264 g/mol. The summed E-state index contributed by atoms with van der Waals surface area (Å²) in [7, 11) is 0. The van der Waals surface area contributed by atoms with Gasteiger partial charge in [-0.3, -0.25) is 9.69 Å². The van der Waals surface area contributed by atoms with E-state index >= 15 is 0 Å². The lowest BCUT2D eigenvalue weighted by Crippen LogP contribution is -2.51. The van der Waals surface area contributed by atoms with Crippen LogP contribution >= 0.6 is 0 Å². The smallest absolute Gasteiger partial charge is 0.248 e. The Labute approximate surface area is 119 Å². The first kappa shape index (κ1) is 15.6. The largest absolute Gasteiger partial charge is 0.340 e. The monoisotopic (exact) mass is 289 g/mol. The molecule has 6 heteroatoms. The Hall–Kier alpha value is -0.750. The topological polar surface area (TPSA) is 49.6 Å². The Morgan fingerprint density at radius 1 is 1.15 bits per heavy atom. The molecule has 0 aromatic heterocycles. The lowest BCUT2D eigenvalue weighted by molar-refractivity contribution is -0.141. The first-order chi connectivity index (χ1) is 9.52. The standard InChI is InChI=1S/C14H25F2N3O/c15-14(16)4-2-12(3-5-14)13(20)19-10-8-18(9-11-19)7-1-6-17/h12H,1-11,17H2. The predicted octanol–water partition coefficient (Wildman–Crippen LogP) is 1.30. The average Bonchev–Trinajstić information content (AvgIpc) is 2.45. The highest BCUT2D eigenvalue weighted by Gasteiger charge is 2.38. The molecule has 1 heterocycles. The van der Waals surface area contributed by atoms with Crippen molar-refractivity contribution in [2.75, 3.05) is 39.3 Å². The molecule has 0 spiro atoms. The zero-order valence-corrected chi connectivity index (χ0v) is 12.0. The first-order valence-corrected chi connectivity index (χ1v) is 7.61. The van der Waals surface area contributed by atoms with E-state index < -0.39 is 5.92 Å². The van der Waals surface area contributed by atoms with Crippen LogP contribution in [0.15, 0.2) is 0 Å². The Balaban J connectivity index is 1.75. The molecule has 1 aliphatic carbocycles. The molecule has 1 saturated carbocycles. The third-order valence-corrected chi connectivity index (χ3v) is 4.43. The van der Waals surface area contributed by atoms with Crippen molar-refractivity contribution in [3.63, 3.8) is 0 Å². The number of carbonyl (C=O) groups excluding carboxylic acids is 1. The molecule has 2 aliphatic rings. The van der Waals surface area contributed by atoms with Crippen LogP contribution in [-0.2, 0) is 4.79 Å². The summed E-state index contributed by atoms with van der Waals surface area (Å²) in [6, 6.07) is 0. The summed E-state index contributed by atoms with van der Waals surface area (Å²) >= 11 is 0. The fraction of sp³-hybridized carbons (Fsp3) is 0.929. The summed E-state index contributed by atoms with van der Waals surface area (Å²) in [4.78, 5) is 16.5. The molecule has 0 aromatic carbocycles. The molecule has 1 saturated heterocycles. The molecule has 0 radical (unpaired) electrons. The van der Waals surface area contributed by atoms with Crippen LogP contribution in [-0.4, -0.2) is 60.9 Å². The van der Waals surface area contributed by atoms with Gasteiger partial charge in [-0.15, -0.1) is 0 Å². The molecule has 0 bridgehead atoms. The number of alkyl halides is 2. The van der Waals surface area contributed by atoms with Crippen LogP contribution < -0.4 is 5.73 Å². The summed E-state index contributed by atoms with van der Waals surface area (Å²) in [5, 5.41) is 0. The Morgan fingerprint density at radius 3 is 2.30 bits per heavy atom. The van der Waals surface area contributed by atoms with Gasteiger partial charge in [0.2, 0.25) is 11.8 Å². The quantitative estimate of drug-likeness (QED) is 0.849. The van der Waals surface area contributed by atoms with E-state index in [0.29, 0.717) is 19.4 Å². The van der Waals surface area contributed by atoms with E-state index in [0.717, 1.165) is 39.1 Å². The maximum Gasteiger partial charge on any atom is 0.248 e. The third kappa shape index (κ3) is 4.12. The summed E-state index contributed by atoms with van der Waals surface area (Å²) < 4.78 is 26.2. The number of carbonyl (C=O) groups is 1. The van der Waals surface area contributed by atoms with E-state index in [2.05, 4.69) is 4.90 Å². The minimum atomic E-state index is -2.56. The van der Waals surface area contributed by atoms with Crippen molar-refractivity contribution in [2.45, 2.75) is 38.0 Å². The SMILES string of the molecule is NCCCN1CCN(C(=O)C2CCC(F)(F)CC2)CC1. The highest BCUT2D eigenvalue weighted by atomic mass is 19.3. The molecule has 2 fully saturated rings. The van der Waals surface area contributed by atoms with Gasteiger partial charge < -0.3 is 10.6 Å². The van der Waals surface area contributed by atoms with Crippen LogP contribution in [0.3, 0.4) is 0 Å². The molecule has 20 heavy (non-hydrogen) atoms. The lowest BCUT2D eigenvalue weighted by Gasteiger charge is -2.37. The van der Waals surface area contributed by atoms with Crippen LogP contribution in [0.4, 0.5) is 8.78 Å². The second kappa shape index (κ2) is 6.80. The number of piperazine rings is 1. The van der Waals surface area contributed by atoms with Crippen molar-refractivity contribution in [3.8, 4) is 0 Å². The van der Waals surface area contributed by atoms with Gasteiger partial charge in [-0.1, -0.05) is 0 Å². The molecule has 116 valence electrons. The highest BCUT2D eigenvalue weighted by molar-refractivity contribution is 5.79. The number of hydrogen-bond donors (Lipinski definition) is 1.